The number of pyridine rings is 1. The molecule has 1 N–H and O–H groups in total. The zero-order chi connectivity index (χ0) is 14.5. The van der Waals surface area contributed by atoms with E-state index < -0.39 is 0 Å². The third-order valence-electron chi connectivity index (χ3n) is 3.03. The molecule has 0 fully saturated rings. The van der Waals surface area contributed by atoms with E-state index in [-0.39, 0.29) is 6.04 Å². The molecule has 1 heterocycles. The van der Waals surface area contributed by atoms with E-state index in [0.29, 0.717) is 6.61 Å². The lowest BCUT2D eigenvalue weighted by Crippen LogP contribution is -2.13. The summed E-state index contributed by atoms with van der Waals surface area (Å²) in [7, 11) is 1.94. The standard InChI is InChI=1S/C15H16Br2N2O/c1-10(18-2)14-4-3-12(16)6-15(14)20-9-11-5-13(17)8-19-7-11/h3-8,10,18H,9H2,1-2H3. The highest BCUT2D eigenvalue weighted by molar-refractivity contribution is 9.10. The summed E-state index contributed by atoms with van der Waals surface area (Å²) in [6.45, 7) is 2.60. The Labute approximate surface area is 136 Å². The Morgan fingerprint density at radius 2 is 2.00 bits per heavy atom. The van der Waals surface area contributed by atoms with E-state index in [4.69, 9.17) is 4.74 Å². The maximum Gasteiger partial charge on any atom is 0.125 e. The molecule has 0 saturated heterocycles. The maximum absolute atomic E-state index is 5.95. The minimum Gasteiger partial charge on any atom is -0.488 e. The highest BCUT2D eigenvalue weighted by Crippen LogP contribution is 2.29. The molecule has 5 heteroatoms. The summed E-state index contributed by atoms with van der Waals surface area (Å²) in [5.74, 6) is 0.876. The SMILES string of the molecule is CNC(C)c1ccc(Br)cc1OCc1cncc(Br)c1. The van der Waals surface area contributed by atoms with Crippen LogP contribution in [0.4, 0.5) is 0 Å². The zero-order valence-electron chi connectivity index (χ0n) is 11.4. The molecule has 20 heavy (non-hydrogen) atoms. The molecule has 1 unspecified atom stereocenters. The van der Waals surface area contributed by atoms with Crippen LogP contribution in [-0.2, 0) is 6.61 Å². The van der Waals surface area contributed by atoms with Gasteiger partial charge in [0.1, 0.15) is 12.4 Å². The van der Waals surface area contributed by atoms with Gasteiger partial charge >= 0.3 is 0 Å². The highest BCUT2D eigenvalue weighted by atomic mass is 79.9. The first-order valence-electron chi connectivity index (χ1n) is 6.29. The van der Waals surface area contributed by atoms with Gasteiger partial charge in [0.05, 0.1) is 0 Å². The third kappa shape index (κ3) is 4.04. The van der Waals surface area contributed by atoms with Gasteiger partial charge < -0.3 is 10.1 Å². The number of aromatic nitrogens is 1. The van der Waals surface area contributed by atoms with E-state index in [9.17, 15) is 0 Å². The van der Waals surface area contributed by atoms with Crippen molar-refractivity contribution in [3.63, 3.8) is 0 Å². The smallest absolute Gasteiger partial charge is 0.125 e. The second-order valence-corrected chi connectivity index (χ2v) is 6.32. The maximum atomic E-state index is 5.95. The minimum atomic E-state index is 0.235. The monoisotopic (exact) mass is 398 g/mol. The molecule has 2 aromatic rings. The number of nitrogens with zero attached hydrogens (tertiary/aromatic N) is 1. The fourth-order valence-corrected chi connectivity index (χ4v) is 2.59. The Morgan fingerprint density at radius 1 is 1.20 bits per heavy atom. The minimum absolute atomic E-state index is 0.235. The van der Waals surface area contributed by atoms with Gasteiger partial charge in [-0.3, -0.25) is 4.98 Å². The predicted molar refractivity (Wildman–Crippen MR) is 87.9 cm³/mol. The molecule has 0 aliphatic rings. The third-order valence-corrected chi connectivity index (χ3v) is 3.96. The molecule has 3 nitrogen and oxygen atoms in total. The van der Waals surface area contributed by atoms with Gasteiger partial charge in [0.15, 0.2) is 0 Å². The summed E-state index contributed by atoms with van der Waals surface area (Å²) in [5.41, 5.74) is 2.17. The molecule has 1 atom stereocenters. The van der Waals surface area contributed by atoms with Gasteiger partial charge in [0.25, 0.3) is 0 Å². The lowest BCUT2D eigenvalue weighted by atomic mass is 10.1. The van der Waals surface area contributed by atoms with Crippen LogP contribution in [0.25, 0.3) is 0 Å². The molecule has 0 saturated carbocycles. The van der Waals surface area contributed by atoms with Crippen molar-refractivity contribution in [2.75, 3.05) is 7.05 Å². The van der Waals surface area contributed by atoms with Gasteiger partial charge in [-0.2, -0.15) is 0 Å². The molecular formula is C15H16Br2N2O. The Bertz CT molecular complexity index is 590. The lowest BCUT2D eigenvalue weighted by molar-refractivity contribution is 0.299. The van der Waals surface area contributed by atoms with Crippen LogP contribution >= 0.6 is 31.9 Å². The van der Waals surface area contributed by atoms with E-state index in [1.165, 1.54) is 0 Å². The van der Waals surface area contributed by atoms with Crippen molar-refractivity contribution in [2.24, 2.45) is 0 Å². The summed E-state index contributed by atoms with van der Waals surface area (Å²) < 4.78 is 7.91. The van der Waals surface area contributed by atoms with Gasteiger partial charge in [-0.15, -0.1) is 0 Å². The van der Waals surface area contributed by atoms with Crippen LogP contribution in [0, 0.1) is 0 Å². The van der Waals surface area contributed by atoms with Gasteiger partial charge in [-0.05, 0) is 48.1 Å². The predicted octanol–water partition coefficient (Wildman–Crippen LogP) is 4.47. The van der Waals surface area contributed by atoms with Crippen molar-refractivity contribution in [1.82, 2.24) is 10.3 Å². The van der Waals surface area contributed by atoms with E-state index in [1.54, 1.807) is 6.20 Å². The van der Waals surface area contributed by atoms with Crippen molar-refractivity contribution in [3.8, 4) is 5.75 Å². The summed E-state index contributed by atoms with van der Waals surface area (Å²) in [6, 6.07) is 8.33. The van der Waals surface area contributed by atoms with Crippen molar-refractivity contribution in [1.29, 1.82) is 0 Å². The van der Waals surface area contributed by atoms with E-state index in [2.05, 4.69) is 55.2 Å². The summed E-state index contributed by atoms with van der Waals surface area (Å²) in [6.07, 6.45) is 3.57. The zero-order valence-corrected chi connectivity index (χ0v) is 14.5. The number of nitrogens with one attached hydrogen (secondary N) is 1. The van der Waals surface area contributed by atoms with E-state index >= 15 is 0 Å². The van der Waals surface area contributed by atoms with Crippen LogP contribution in [0.2, 0.25) is 0 Å². The first kappa shape index (κ1) is 15.5. The van der Waals surface area contributed by atoms with Crippen molar-refractivity contribution < 1.29 is 4.74 Å². The Morgan fingerprint density at radius 3 is 2.70 bits per heavy atom. The van der Waals surface area contributed by atoms with Crippen LogP contribution in [0.3, 0.4) is 0 Å². The first-order chi connectivity index (χ1) is 9.60. The van der Waals surface area contributed by atoms with Gasteiger partial charge in [0, 0.05) is 38.5 Å². The van der Waals surface area contributed by atoms with Crippen molar-refractivity contribution >= 4 is 31.9 Å². The molecule has 1 aromatic carbocycles. The van der Waals surface area contributed by atoms with Crippen molar-refractivity contribution in [2.45, 2.75) is 19.6 Å². The van der Waals surface area contributed by atoms with E-state index in [1.807, 2.05) is 31.4 Å². The van der Waals surface area contributed by atoms with Gasteiger partial charge in [-0.25, -0.2) is 0 Å². The average Bonchev–Trinajstić information content (AvgIpc) is 2.44. The molecule has 0 amide bonds. The average molecular weight is 400 g/mol. The van der Waals surface area contributed by atoms with Crippen molar-refractivity contribution in [3.05, 3.63) is 56.7 Å². The van der Waals surface area contributed by atoms with Crippen LogP contribution < -0.4 is 10.1 Å². The fourth-order valence-electron chi connectivity index (χ4n) is 1.84. The molecule has 0 radical (unpaired) electrons. The number of hydrogen-bond donors (Lipinski definition) is 1. The number of hydrogen-bond acceptors (Lipinski definition) is 3. The van der Waals surface area contributed by atoms with E-state index in [0.717, 1.165) is 25.8 Å². The van der Waals surface area contributed by atoms with Gasteiger partial charge in [-0.1, -0.05) is 22.0 Å². The highest BCUT2D eigenvalue weighted by Gasteiger charge is 2.11. The lowest BCUT2D eigenvalue weighted by Gasteiger charge is -2.17. The molecule has 0 spiro atoms. The molecule has 106 valence electrons. The van der Waals surface area contributed by atoms with Crippen LogP contribution in [0.5, 0.6) is 5.75 Å². The molecule has 2 rings (SSSR count). The topological polar surface area (TPSA) is 34.1 Å². The normalized spacial score (nSPS) is 12.2. The molecule has 0 aliphatic heterocycles. The second-order valence-electron chi connectivity index (χ2n) is 4.49. The number of ether oxygens (including phenoxy) is 1. The molecule has 1 aromatic heterocycles. The Balaban J connectivity index is 2.18. The summed E-state index contributed by atoms with van der Waals surface area (Å²) in [4.78, 5) is 4.14. The first-order valence-corrected chi connectivity index (χ1v) is 7.87. The summed E-state index contributed by atoms with van der Waals surface area (Å²) in [5, 5.41) is 3.23. The van der Waals surface area contributed by atoms with Crippen LogP contribution in [0.1, 0.15) is 24.1 Å². The van der Waals surface area contributed by atoms with Gasteiger partial charge in [0.2, 0.25) is 0 Å². The number of benzene rings is 1. The largest absolute Gasteiger partial charge is 0.488 e. The molecule has 0 aliphatic carbocycles. The Hall–Kier alpha value is -0.910. The number of halogens is 2. The summed E-state index contributed by atoms with van der Waals surface area (Å²) >= 11 is 6.90. The van der Waals surface area contributed by atoms with Crippen LogP contribution in [-0.4, -0.2) is 12.0 Å². The number of rotatable bonds is 5. The fraction of sp³-hybridized carbons (Fsp3) is 0.267. The quantitative estimate of drug-likeness (QED) is 0.805. The second kappa shape index (κ2) is 7.20. The molecular weight excluding hydrogens is 384 g/mol. The Kier molecular flexibility index (Phi) is 5.57. The van der Waals surface area contributed by atoms with Crippen LogP contribution in [0.15, 0.2) is 45.6 Å². The molecule has 0 bridgehead atoms.